The van der Waals surface area contributed by atoms with Gasteiger partial charge in [-0.25, -0.2) is 4.99 Å². The summed E-state index contributed by atoms with van der Waals surface area (Å²) in [6.07, 6.45) is 0.516. The first kappa shape index (κ1) is 11.9. The molecule has 0 bridgehead atoms. The summed E-state index contributed by atoms with van der Waals surface area (Å²) in [5.74, 6) is -0.628. The van der Waals surface area contributed by atoms with Crippen molar-refractivity contribution in [3.05, 3.63) is 34.9 Å². The Bertz CT molecular complexity index is 459. The maximum absolute atomic E-state index is 10.5. The Hall–Kier alpha value is -1.55. The van der Waals surface area contributed by atoms with E-state index in [1.807, 2.05) is 24.3 Å². The maximum atomic E-state index is 10.5. The third-order valence-corrected chi connectivity index (χ3v) is 2.85. The first-order valence-corrected chi connectivity index (χ1v) is 5.67. The van der Waals surface area contributed by atoms with Crippen molar-refractivity contribution >= 4 is 23.5 Å². The van der Waals surface area contributed by atoms with E-state index in [1.54, 1.807) is 0 Å². The molecular weight excluding hydrogens is 242 g/mol. The highest BCUT2D eigenvalue weighted by Gasteiger charge is 2.21. The number of hydrogen-bond acceptors (Lipinski definition) is 3. The number of carboxylic acids is 1. The molecule has 0 aromatic heterocycles. The number of aliphatic carboxylic acids is 1. The fraction of sp³-hybridized carbons (Fsp3) is 0.333. The van der Waals surface area contributed by atoms with Crippen molar-refractivity contribution in [3.63, 3.8) is 0 Å². The number of hydrogen-bond donors (Lipinski definition) is 1. The summed E-state index contributed by atoms with van der Waals surface area (Å²) in [5, 5.41) is 9.32. The Morgan fingerprint density at radius 3 is 3.00 bits per heavy atom. The summed E-state index contributed by atoms with van der Waals surface area (Å²) in [7, 11) is 0. The molecule has 17 heavy (non-hydrogen) atoms. The maximum Gasteiger partial charge on any atom is 0.312 e. The third kappa shape index (κ3) is 3.20. The fourth-order valence-electron chi connectivity index (χ4n) is 1.72. The number of rotatable bonds is 4. The highest BCUT2D eigenvalue weighted by molar-refractivity contribution is 6.31. The normalized spacial score (nSPS) is 18.6. The summed E-state index contributed by atoms with van der Waals surface area (Å²) in [6.45, 7) is 0.424. The Morgan fingerprint density at radius 1 is 1.53 bits per heavy atom. The van der Waals surface area contributed by atoms with Gasteiger partial charge in [0, 0.05) is 5.02 Å². The van der Waals surface area contributed by atoms with Crippen LogP contribution >= 0.6 is 11.6 Å². The number of carboxylic acid groups (broad SMARTS) is 1. The van der Waals surface area contributed by atoms with Gasteiger partial charge in [0.2, 0.25) is 0 Å². The Morgan fingerprint density at radius 2 is 2.29 bits per heavy atom. The highest BCUT2D eigenvalue weighted by Crippen LogP contribution is 2.20. The van der Waals surface area contributed by atoms with Crippen molar-refractivity contribution in [3.8, 4) is 0 Å². The molecule has 5 heteroatoms. The third-order valence-electron chi connectivity index (χ3n) is 2.48. The monoisotopic (exact) mass is 253 g/mol. The first-order chi connectivity index (χ1) is 8.15. The standard InChI is InChI=1S/C12H12ClNO3/c13-10-4-2-1-3-8(10)5-9-7-17-11(14-9)6-12(15)16/h1-4,9H,5-7H2,(H,15,16). The summed E-state index contributed by atoms with van der Waals surface area (Å²) in [5.41, 5.74) is 1.00. The molecule has 0 saturated carbocycles. The number of aliphatic imine (C=N–C) groups is 1. The molecular formula is C12H12ClNO3. The van der Waals surface area contributed by atoms with Crippen LogP contribution in [0.5, 0.6) is 0 Å². The average Bonchev–Trinajstić information content (AvgIpc) is 2.68. The predicted molar refractivity (Wildman–Crippen MR) is 64.6 cm³/mol. The Balaban J connectivity index is 2.00. The lowest BCUT2D eigenvalue weighted by atomic mass is 10.1. The van der Waals surface area contributed by atoms with Gasteiger partial charge in [0.1, 0.15) is 13.0 Å². The number of halogens is 1. The molecule has 0 aliphatic carbocycles. The van der Waals surface area contributed by atoms with E-state index in [2.05, 4.69) is 4.99 Å². The second kappa shape index (κ2) is 5.19. The van der Waals surface area contributed by atoms with E-state index < -0.39 is 5.97 Å². The van der Waals surface area contributed by atoms with Gasteiger partial charge in [0.15, 0.2) is 5.90 Å². The van der Waals surface area contributed by atoms with E-state index in [9.17, 15) is 4.79 Å². The molecule has 1 aromatic carbocycles. The molecule has 0 saturated heterocycles. The number of nitrogens with zero attached hydrogens (tertiary/aromatic N) is 1. The minimum atomic E-state index is -0.929. The van der Waals surface area contributed by atoms with Crippen molar-refractivity contribution in [1.82, 2.24) is 0 Å². The molecule has 2 rings (SSSR count). The van der Waals surface area contributed by atoms with Crippen molar-refractivity contribution in [2.75, 3.05) is 6.61 Å². The van der Waals surface area contributed by atoms with Gasteiger partial charge in [0.05, 0.1) is 6.04 Å². The zero-order valence-corrected chi connectivity index (χ0v) is 9.85. The highest BCUT2D eigenvalue weighted by atomic mass is 35.5. The van der Waals surface area contributed by atoms with Crippen LogP contribution in [0.25, 0.3) is 0 Å². The Kier molecular flexibility index (Phi) is 3.64. The summed E-state index contributed by atoms with van der Waals surface area (Å²) in [6, 6.07) is 7.51. The van der Waals surface area contributed by atoms with Crippen LogP contribution in [-0.4, -0.2) is 29.6 Å². The van der Waals surface area contributed by atoms with Crippen LogP contribution in [0, 0.1) is 0 Å². The van der Waals surface area contributed by atoms with Crippen LogP contribution in [0.15, 0.2) is 29.3 Å². The molecule has 1 aromatic rings. The van der Waals surface area contributed by atoms with Gasteiger partial charge in [-0.05, 0) is 18.1 Å². The minimum absolute atomic E-state index is 0.0377. The number of benzene rings is 1. The molecule has 1 aliphatic rings. The van der Waals surface area contributed by atoms with Gasteiger partial charge < -0.3 is 9.84 Å². The SMILES string of the molecule is O=C(O)CC1=NC(Cc2ccccc2Cl)CO1. The lowest BCUT2D eigenvalue weighted by molar-refractivity contribution is -0.135. The van der Waals surface area contributed by atoms with Crippen LogP contribution in [0.1, 0.15) is 12.0 Å². The molecule has 0 fully saturated rings. The smallest absolute Gasteiger partial charge is 0.312 e. The molecule has 4 nitrogen and oxygen atoms in total. The van der Waals surface area contributed by atoms with Crippen molar-refractivity contribution < 1.29 is 14.6 Å². The number of carbonyl (C=O) groups is 1. The van der Waals surface area contributed by atoms with Gasteiger partial charge in [0.25, 0.3) is 0 Å². The van der Waals surface area contributed by atoms with Gasteiger partial charge in [-0.3, -0.25) is 4.79 Å². The van der Waals surface area contributed by atoms with Gasteiger partial charge >= 0.3 is 5.97 Å². The van der Waals surface area contributed by atoms with Crippen LogP contribution in [0.2, 0.25) is 5.02 Å². The first-order valence-electron chi connectivity index (χ1n) is 5.30. The van der Waals surface area contributed by atoms with E-state index in [0.29, 0.717) is 23.9 Å². The van der Waals surface area contributed by atoms with E-state index >= 15 is 0 Å². The van der Waals surface area contributed by atoms with Crippen LogP contribution < -0.4 is 0 Å². The molecule has 0 radical (unpaired) electrons. The number of ether oxygens (including phenoxy) is 1. The lowest BCUT2D eigenvalue weighted by Gasteiger charge is -2.06. The van der Waals surface area contributed by atoms with E-state index in [1.165, 1.54) is 0 Å². The second-order valence-corrected chi connectivity index (χ2v) is 4.26. The van der Waals surface area contributed by atoms with Crippen LogP contribution in [0.3, 0.4) is 0 Å². The zero-order valence-electron chi connectivity index (χ0n) is 9.10. The summed E-state index contributed by atoms with van der Waals surface area (Å²) >= 11 is 6.04. The zero-order chi connectivity index (χ0) is 12.3. The minimum Gasteiger partial charge on any atom is -0.481 e. The van der Waals surface area contributed by atoms with Crippen LogP contribution in [-0.2, 0) is 16.0 Å². The van der Waals surface area contributed by atoms with Gasteiger partial charge in [-0.15, -0.1) is 0 Å². The lowest BCUT2D eigenvalue weighted by Crippen LogP contribution is -2.10. The summed E-state index contributed by atoms with van der Waals surface area (Å²) in [4.78, 5) is 14.7. The van der Waals surface area contributed by atoms with Crippen molar-refractivity contribution in [2.24, 2.45) is 4.99 Å². The molecule has 1 unspecified atom stereocenters. The molecule has 1 aliphatic heterocycles. The second-order valence-electron chi connectivity index (χ2n) is 3.85. The van der Waals surface area contributed by atoms with Gasteiger partial charge in [-0.2, -0.15) is 0 Å². The molecule has 1 heterocycles. The molecule has 1 N–H and O–H groups in total. The van der Waals surface area contributed by atoms with Crippen molar-refractivity contribution in [2.45, 2.75) is 18.9 Å². The summed E-state index contributed by atoms with van der Waals surface area (Å²) < 4.78 is 5.21. The quantitative estimate of drug-likeness (QED) is 0.895. The molecule has 1 atom stereocenters. The van der Waals surface area contributed by atoms with Gasteiger partial charge in [-0.1, -0.05) is 29.8 Å². The fourth-order valence-corrected chi connectivity index (χ4v) is 1.93. The topological polar surface area (TPSA) is 58.9 Å². The van der Waals surface area contributed by atoms with Crippen LogP contribution in [0.4, 0.5) is 0 Å². The Labute approximate surface area is 104 Å². The average molecular weight is 254 g/mol. The van der Waals surface area contributed by atoms with E-state index in [-0.39, 0.29) is 12.5 Å². The van der Waals surface area contributed by atoms with E-state index in [4.69, 9.17) is 21.4 Å². The molecule has 0 amide bonds. The largest absolute Gasteiger partial charge is 0.481 e. The molecule has 90 valence electrons. The van der Waals surface area contributed by atoms with E-state index in [0.717, 1.165) is 5.56 Å². The van der Waals surface area contributed by atoms with Crippen molar-refractivity contribution in [1.29, 1.82) is 0 Å². The molecule has 0 spiro atoms. The predicted octanol–water partition coefficient (Wildman–Crippen LogP) is 2.15.